The first kappa shape index (κ1) is 19.2. The van der Waals surface area contributed by atoms with Gasteiger partial charge >= 0.3 is 5.97 Å². The number of esters is 1. The van der Waals surface area contributed by atoms with Gasteiger partial charge in [-0.25, -0.2) is 14.3 Å². The lowest BCUT2D eigenvalue weighted by Crippen LogP contribution is -2.15. The fourth-order valence-corrected chi connectivity index (χ4v) is 3.91. The van der Waals surface area contributed by atoms with E-state index in [1.54, 1.807) is 0 Å². The van der Waals surface area contributed by atoms with E-state index < -0.39 is 5.97 Å². The second-order valence-corrected chi connectivity index (χ2v) is 7.64. The Hall–Kier alpha value is -3.09. The molecule has 0 amide bonds. The fourth-order valence-electron chi connectivity index (χ4n) is 3.91. The van der Waals surface area contributed by atoms with Crippen LogP contribution in [-0.4, -0.2) is 37.9 Å². The van der Waals surface area contributed by atoms with E-state index in [4.69, 9.17) is 4.74 Å². The highest BCUT2D eigenvalue weighted by molar-refractivity contribution is 5.98. The maximum atomic E-state index is 12.4. The molecular formula is C22H24N4O3. The Morgan fingerprint density at radius 2 is 1.79 bits per heavy atom. The highest BCUT2D eigenvalue weighted by Crippen LogP contribution is 2.32. The van der Waals surface area contributed by atoms with Crippen LogP contribution in [0.3, 0.4) is 0 Å². The molecule has 1 aromatic carbocycles. The molecule has 1 fully saturated rings. The second-order valence-electron chi connectivity index (χ2n) is 7.64. The van der Waals surface area contributed by atoms with Crippen molar-refractivity contribution in [3.05, 3.63) is 58.7 Å². The molecule has 7 heteroatoms. The van der Waals surface area contributed by atoms with Gasteiger partial charge in [0.1, 0.15) is 0 Å². The van der Waals surface area contributed by atoms with Crippen LogP contribution in [0.4, 0.5) is 0 Å². The molecule has 4 rings (SSSR count). The van der Waals surface area contributed by atoms with Gasteiger partial charge in [-0.3, -0.25) is 4.79 Å². The predicted molar refractivity (Wildman–Crippen MR) is 107 cm³/mol. The fraction of sp³-hybridized carbons (Fsp3) is 0.409. The number of nitrogens with zero attached hydrogens (tertiary/aromatic N) is 4. The third-order valence-corrected chi connectivity index (χ3v) is 5.44. The Bertz CT molecular complexity index is 1050. The largest absolute Gasteiger partial charge is 0.451 e. The van der Waals surface area contributed by atoms with Crippen LogP contribution in [0.2, 0.25) is 0 Å². The van der Waals surface area contributed by atoms with Crippen LogP contribution in [0.5, 0.6) is 0 Å². The van der Waals surface area contributed by atoms with Crippen LogP contribution >= 0.6 is 0 Å². The molecule has 2 aromatic heterocycles. The minimum absolute atomic E-state index is 0.105. The first-order valence-corrected chi connectivity index (χ1v) is 10.0. The molecule has 0 aliphatic heterocycles. The molecule has 2 heterocycles. The zero-order valence-corrected chi connectivity index (χ0v) is 16.7. The van der Waals surface area contributed by atoms with Crippen molar-refractivity contribution < 1.29 is 14.3 Å². The SMILES string of the molecule is Cc1cc(C)n2nc(C(=O)OCC(=O)c3ccc(C4CCCCC4)cc3)nc2n1. The third-order valence-electron chi connectivity index (χ3n) is 5.44. The van der Waals surface area contributed by atoms with Crippen molar-refractivity contribution in [3.63, 3.8) is 0 Å². The standard InChI is InChI=1S/C22H24N4O3/c1-14-12-15(2)26-22(23-14)24-20(25-26)21(28)29-13-19(27)18-10-8-17(9-11-18)16-6-4-3-5-7-16/h8-12,16H,3-7,13H2,1-2H3. The summed E-state index contributed by atoms with van der Waals surface area (Å²) in [4.78, 5) is 33.0. The molecule has 29 heavy (non-hydrogen) atoms. The van der Waals surface area contributed by atoms with Gasteiger partial charge in [0.15, 0.2) is 12.4 Å². The molecule has 3 aromatic rings. The topological polar surface area (TPSA) is 86.5 Å². The number of Topliss-reactive ketones (excluding diaryl/α,β-unsaturated/α-hetero) is 1. The zero-order chi connectivity index (χ0) is 20.4. The molecule has 0 atom stereocenters. The van der Waals surface area contributed by atoms with Crippen LogP contribution in [0.25, 0.3) is 5.78 Å². The number of carbonyl (C=O) groups excluding carboxylic acids is 2. The predicted octanol–water partition coefficient (Wildman–Crippen LogP) is 3.83. The summed E-state index contributed by atoms with van der Waals surface area (Å²) in [6.45, 7) is 3.35. The summed E-state index contributed by atoms with van der Waals surface area (Å²) in [6, 6.07) is 9.52. The molecular weight excluding hydrogens is 368 g/mol. The lowest BCUT2D eigenvalue weighted by Gasteiger charge is -2.22. The van der Waals surface area contributed by atoms with Crippen molar-refractivity contribution in [2.75, 3.05) is 6.61 Å². The minimum atomic E-state index is -0.736. The van der Waals surface area contributed by atoms with Gasteiger partial charge in [-0.2, -0.15) is 4.98 Å². The summed E-state index contributed by atoms with van der Waals surface area (Å²) >= 11 is 0. The van der Waals surface area contributed by atoms with E-state index in [-0.39, 0.29) is 18.2 Å². The van der Waals surface area contributed by atoms with Gasteiger partial charge in [0.25, 0.3) is 11.6 Å². The van der Waals surface area contributed by atoms with Crippen molar-refractivity contribution in [1.29, 1.82) is 0 Å². The number of ether oxygens (including phenoxy) is 1. The second kappa shape index (κ2) is 8.11. The van der Waals surface area contributed by atoms with Gasteiger partial charge in [0.05, 0.1) is 0 Å². The maximum Gasteiger partial charge on any atom is 0.378 e. The monoisotopic (exact) mass is 392 g/mol. The number of benzene rings is 1. The molecule has 1 aliphatic rings. The summed E-state index contributed by atoms with van der Waals surface area (Å²) in [6.07, 6.45) is 6.28. The van der Waals surface area contributed by atoms with Crippen molar-refractivity contribution in [2.24, 2.45) is 0 Å². The molecule has 0 bridgehead atoms. The van der Waals surface area contributed by atoms with Crippen molar-refractivity contribution in [2.45, 2.75) is 51.9 Å². The number of aryl methyl sites for hydroxylation is 2. The average Bonchev–Trinajstić information content (AvgIpc) is 3.17. The van der Waals surface area contributed by atoms with Gasteiger partial charge < -0.3 is 4.74 Å². The van der Waals surface area contributed by atoms with E-state index >= 15 is 0 Å². The molecule has 0 N–H and O–H groups in total. The van der Waals surface area contributed by atoms with Crippen LogP contribution in [0.15, 0.2) is 30.3 Å². The van der Waals surface area contributed by atoms with Gasteiger partial charge in [0, 0.05) is 17.0 Å². The van der Waals surface area contributed by atoms with Gasteiger partial charge in [0.2, 0.25) is 0 Å². The van der Waals surface area contributed by atoms with E-state index in [9.17, 15) is 9.59 Å². The Labute approximate surface area is 169 Å². The van der Waals surface area contributed by atoms with Gasteiger partial charge in [-0.15, -0.1) is 5.10 Å². The van der Waals surface area contributed by atoms with Crippen molar-refractivity contribution in [1.82, 2.24) is 19.6 Å². The summed E-state index contributed by atoms with van der Waals surface area (Å²) in [5, 5.41) is 4.12. The first-order chi connectivity index (χ1) is 14.0. The molecule has 1 aliphatic carbocycles. The highest BCUT2D eigenvalue weighted by atomic mass is 16.5. The lowest BCUT2D eigenvalue weighted by atomic mass is 9.84. The minimum Gasteiger partial charge on any atom is -0.451 e. The normalized spacial score (nSPS) is 14.8. The smallest absolute Gasteiger partial charge is 0.378 e. The Balaban J connectivity index is 1.39. The van der Waals surface area contributed by atoms with Crippen LogP contribution in [-0.2, 0) is 4.74 Å². The molecule has 0 unspecified atom stereocenters. The van der Waals surface area contributed by atoms with E-state index in [0.29, 0.717) is 17.3 Å². The van der Waals surface area contributed by atoms with E-state index in [2.05, 4.69) is 15.1 Å². The van der Waals surface area contributed by atoms with E-state index in [1.807, 2.05) is 44.2 Å². The average molecular weight is 392 g/mol. The maximum absolute atomic E-state index is 12.4. The van der Waals surface area contributed by atoms with Crippen LogP contribution < -0.4 is 0 Å². The summed E-state index contributed by atoms with van der Waals surface area (Å²) < 4.78 is 6.62. The molecule has 0 radical (unpaired) electrons. The van der Waals surface area contributed by atoms with Crippen LogP contribution in [0.1, 0.15) is 76.0 Å². The highest BCUT2D eigenvalue weighted by Gasteiger charge is 2.19. The number of fused-ring (bicyclic) bond motifs is 1. The van der Waals surface area contributed by atoms with Crippen molar-refractivity contribution in [3.8, 4) is 0 Å². The number of rotatable bonds is 5. The van der Waals surface area contributed by atoms with Crippen molar-refractivity contribution >= 4 is 17.5 Å². The summed E-state index contributed by atoms with van der Waals surface area (Å²) in [7, 11) is 0. The lowest BCUT2D eigenvalue weighted by molar-refractivity contribution is 0.0463. The molecule has 150 valence electrons. The Morgan fingerprint density at radius 1 is 1.07 bits per heavy atom. The van der Waals surface area contributed by atoms with Gasteiger partial charge in [-0.1, -0.05) is 43.5 Å². The van der Waals surface area contributed by atoms with E-state index in [1.165, 1.54) is 42.2 Å². The Morgan fingerprint density at radius 3 is 2.52 bits per heavy atom. The number of carbonyl (C=O) groups is 2. The quantitative estimate of drug-likeness (QED) is 0.484. The van der Waals surface area contributed by atoms with E-state index in [0.717, 1.165) is 11.4 Å². The molecule has 7 nitrogen and oxygen atoms in total. The number of aromatic nitrogens is 4. The number of hydrogen-bond donors (Lipinski definition) is 0. The van der Waals surface area contributed by atoms with Crippen LogP contribution in [0, 0.1) is 13.8 Å². The summed E-state index contributed by atoms with van der Waals surface area (Å²) in [5.41, 5.74) is 3.42. The number of ketones is 1. The summed E-state index contributed by atoms with van der Waals surface area (Å²) in [5.74, 6) is -0.166. The first-order valence-electron chi connectivity index (χ1n) is 10.0. The van der Waals surface area contributed by atoms with Gasteiger partial charge in [-0.05, 0) is 44.2 Å². The zero-order valence-electron chi connectivity index (χ0n) is 16.7. The number of hydrogen-bond acceptors (Lipinski definition) is 6. The molecule has 0 spiro atoms. The molecule has 0 saturated heterocycles. The molecule has 1 saturated carbocycles. The Kier molecular flexibility index (Phi) is 5.38. The third kappa shape index (κ3) is 4.18.